The van der Waals surface area contributed by atoms with E-state index in [1.165, 1.54) is 0 Å². The molecule has 31 heavy (non-hydrogen) atoms. The number of carbonyl (C=O) groups is 1. The Balaban J connectivity index is 2.10. The van der Waals surface area contributed by atoms with Crippen molar-refractivity contribution in [1.29, 1.82) is 0 Å². The molecule has 0 saturated carbocycles. The number of carboxylic acids is 1. The smallest absolute Gasteiger partial charge is 0.306 e. The van der Waals surface area contributed by atoms with Crippen LogP contribution in [0.1, 0.15) is 36.9 Å². The fourth-order valence-corrected chi connectivity index (χ4v) is 4.24. The van der Waals surface area contributed by atoms with Crippen LogP contribution in [0.5, 0.6) is 23.0 Å². The van der Waals surface area contributed by atoms with Crippen molar-refractivity contribution in [3.05, 3.63) is 47.5 Å². The molecule has 1 fully saturated rings. The van der Waals surface area contributed by atoms with E-state index in [9.17, 15) is 9.90 Å². The Kier molecular flexibility index (Phi) is 7.63. The highest BCUT2D eigenvalue weighted by Gasteiger charge is 2.32. The zero-order valence-electron chi connectivity index (χ0n) is 18.6. The van der Waals surface area contributed by atoms with Crippen molar-refractivity contribution in [1.82, 2.24) is 4.90 Å². The topological polar surface area (TPSA) is 77.5 Å². The molecule has 0 spiro atoms. The molecule has 2 aromatic carbocycles. The van der Waals surface area contributed by atoms with E-state index in [4.69, 9.17) is 18.9 Å². The van der Waals surface area contributed by atoms with Gasteiger partial charge in [-0.15, -0.1) is 0 Å². The van der Waals surface area contributed by atoms with Gasteiger partial charge in [0.15, 0.2) is 11.5 Å². The minimum Gasteiger partial charge on any atom is -0.494 e. The van der Waals surface area contributed by atoms with E-state index in [2.05, 4.69) is 11.0 Å². The summed E-state index contributed by atoms with van der Waals surface area (Å²) in [7, 11) is 4.78. The number of hydrogen-bond acceptors (Lipinski definition) is 6. The van der Waals surface area contributed by atoms with Crippen LogP contribution in [-0.2, 0) is 4.79 Å². The van der Waals surface area contributed by atoms with Gasteiger partial charge in [-0.05, 0) is 56.6 Å². The lowest BCUT2D eigenvalue weighted by Gasteiger charge is -2.38. The highest BCUT2D eigenvalue weighted by atomic mass is 16.5. The minimum atomic E-state index is -0.723. The molecule has 0 amide bonds. The van der Waals surface area contributed by atoms with Crippen molar-refractivity contribution in [3.8, 4) is 23.0 Å². The van der Waals surface area contributed by atoms with Crippen LogP contribution in [0.4, 0.5) is 0 Å². The number of rotatable bonds is 9. The van der Waals surface area contributed by atoms with Crippen molar-refractivity contribution in [3.63, 3.8) is 0 Å². The summed E-state index contributed by atoms with van der Waals surface area (Å²) >= 11 is 0. The standard InChI is InChI=1S/C24H31NO6/c1-5-31-19-9-7-6-8-18(19)22(25-12-10-16(11-13-25)24(26)27)17-14-20(28-2)23(30-4)21(15-17)29-3/h6-9,14-16,22H,5,10-13H2,1-4H3,(H,26,27). The fraction of sp³-hybridized carbons (Fsp3) is 0.458. The first kappa shape index (κ1) is 22.7. The number of ether oxygens (including phenoxy) is 4. The quantitative estimate of drug-likeness (QED) is 0.646. The third-order valence-corrected chi connectivity index (χ3v) is 5.76. The predicted octanol–water partition coefficient (Wildman–Crippen LogP) is 4.00. The number of para-hydroxylation sites is 1. The maximum atomic E-state index is 11.5. The van der Waals surface area contributed by atoms with Crippen LogP contribution in [0.25, 0.3) is 0 Å². The lowest BCUT2D eigenvalue weighted by Crippen LogP contribution is -2.39. The van der Waals surface area contributed by atoms with E-state index in [-0.39, 0.29) is 12.0 Å². The molecule has 0 bridgehead atoms. The van der Waals surface area contributed by atoms with Gasteiger partial charge in [-0.2, -0.15) is 0 Å². The molecule has 0 aliphatic carbocycles. The summed E-state index contributed by atoms with van der Waals surface area (Å²) in [6.07, 6.45) is 1.21. The zero-order chi connectivity index (χ0) is 22.4. The molecule has 0 radical (unpaired) electrons. The number of aliphatic carboxylic acids is 1. The highest BCUT2D eigenvalue weighted by Crippen LogP contribution is 2.44. The SMILES string of the molecule is CCOc1ccccc1C(c1cc(OC)c(OC)c(OC)c1)N1CCC(C(=O)O)CC1. The second kappa shape index (κ2) is 10.4. The first-order chi connectivity index (χ1) is 15.0. The Morgan fingerprint density at radius 2 is 1.65 bits per heavy atom. The maximum Gasteiger partial charge on any atom is 0.306 e. The van der Waals surface area contributed by atoms with E-state index in [1.54, 1.807) is 21.3 Å². The van der Waals surface area contributed by atoms with Gasteiger partial charge in [-0.1, -0.05) is 18.2 Å². The maximum absolute atomic E-state index is 11.5. The molecule has 0 aromatic heterocycles. The fourth-order valence-electron chi connectivity index (χ4n) is 4.24. The summed E-state index contributed by atoms with van der Waals surface area (Å²) in [5, 5.41) is 9.42. The number of piperidine rings is 1. The van der Waals surface area contributed by atoms with Gasteiger partial charge in [0.2, 0.25) is 5.75 Å². The van der Waals surface area contributed by atoms with Gasteiger partial charge in [0.05, 0.1) is 39.9 Å². The molecule has 1 aliphatic heterocycles. The van der Waals surface area contributed by atoms with Crippen LogP contribution in [-0.4, -0.2) is 57.0 Å². The summed E-state index contributed by atoms with van der Waals surface area (Å²) in [4.78, 5) is 13.8. The van der Waals surface area contributed by atoms with Gasteiger partial charge in [0, 0.05) is 5.56 Å². The molecule has 1 unspecified atom stereocenters. The largest absolute Gasteiger partial charge is 0.494 e. The first-order valence-corrected chi connectivity index (χ1v) is 10.5. The lowest BCUT2D eigenvalue weighted by molar-refractivity contribution is -0.143. The summed E-state index contributed by atoms with van der Waals surface area (Å²) in [5.74, 6) is 1.48. The van der Waals surface area contributed by atoms with E-state index in [1.807, 2.05) is 37.3 Å². The van der Waals surface area contributed by atoms with E-state index >= 15 is 0 Å². The van der Waals surface area contributed by atoms with Gasteiger partial charge in [-0.25, -0.2) is 0 Å². The number of carboxylic acid groups (broad SMARTS) is 1. The van der Waals surface area contributed by atoms with E-state index < -0.39 is 5.97 Å². The summed E-state index contributed by atoms with van der Waals surface area (Å²) in [5.41, 5.74) is 1.99. The van der Waals surface area contributed by atoms with Crippen LogP contribution in [0.15, 0.2) is 36.4 Å². The summed E-state index contributed by atoms with van der Waals surface area (Å²) in [6.45, 7) is 3.85. The zero-order valence-corrected chi connectivity index (χ0v) is 18.6. The average molecular weight is 430 g/mol. The van der Waals surface area contributed by atoms with E-state index in [0.29, 0.717) is 49.8 Å². The highest BCUT2D eigenvalue weighted by molar-refractivity contribution is 5.70. The van der Waals surface area contributed by atoms with Crippen LogP contribution in [0.3, 0.4) is 0 Å². The Morgan fingerprint density at radius 3 is 2.16 bits per heavy atom. The van der Waals surface area contributed by atoms with Crippen molar-refractivity contribution < 1.29 is 28.8 Å². The molecule has 7 nitrogen and oxygen atoms in total. The molecule has 7 heteroatoms. The summed E-state index contributed by atoms with van der Waals surface area (Å²) < 4.78 is 22.6. The van der Waals surface area contributed by atoms with Gasteiger partial charge < -0.3 is 24.1 Å². The number of hydrogen-bond donors (Lipinski definition) is 1. The van der Waals surface area contributed by atoms with Crippen molar-refractivity contribution in [2.45, 2.75) is 25.8 Å². The van der Waals surface area contributed by atoms with Gasteiger partial charge in [0.25, 0.3) is 0 Å². The van der Waals surface area contributed by atoms with Crippen molar-refractivity contribution in [2.75, 3.05) is 41.0 Å². The van der Waals surface area contributed by atoms with Crippen LogP contribution in [0.2, 0.25) is 0 Å². The molecule has 3 rings (SSSR count). The molecular formula is C24H31NO6. The average Bonchev–Trinajstić information content (AvgIpc) is 2.80. The summed E-state index contributed by atoms with van der Waals surface area (Å²) in [6, 6.07) is 11.7. The molecule has 1 N–H and O–H groups in total. The van der Waals surface area contributed by atoms with Gasteiger partial charge >= 0.3 is 5.97 Å². The Morgan fingerprint density at radius 1 is 1.03 bits per heavy atom. The van der Waals surface area contributed by atoms with Gasteiger partial charge in [0.1, 0.15) is 5.75 Å². The van der Waals surface area contributed by atoms with Crippen LogP contribution in [0, 0.1) is 5.92 Å². The predicted molar refractivity (Wildman–Crippen MR) is 117 cm³/mol. The minimum absolute atomic E-state index is 0.147. The van der Waals surface area contributed by atoms with Crippen LogP contribution >= 0.6 is 0 Å². The van der Waals surface area contributed by atoms with Crippen molar-refractivity contribution >= 4 is 5.97 Å². The number of likely N-dealkylation sites (tertiary alicyclic amines) is 1. The Hall–Kier alpha value is -2.93. The molecule has 1 aliphatic rings. The Labute approximate surface area is 183 Å². The van der Waals surface area contributed by atoms with Crippen LogP contribution < -0.4 is 18.9 Å². The number of methoxy groups -OCH3 is 3. The first-order valence-electron chi connectivity index (χ1n) is 10.5. The molecule has 1 atom stereocenters. The molecule has 1 saturated heterocycles. The normalized spacial score (nSPS) is 15.9. The molecule has 168 valence electrons. The number of nitrogens with zero attached hydrogens (tertiary/aromatic N) is 1. The van der Waals surface area contributed by atoms with Crippen molar-refractivity contribution in [2.24, 2.45) is 5.92 Å². The third kappa shape index (κ3) is 4.88. The second-order valence-corrected chi connectivity index (χ2v) is 7.48. The monoisotopic (exact) mass is 429 g/mol. The van der Waals surface area contributed by atoms with E-state index in [0.717, 1.165) is 16.9 Å². The third-order valence-electron chi connectivity index (χ3n) is 5.76. The second-order valence-electron chi connectivity index (χ2n) is 7.48. The van der Waals surface area contributed by atoms with Gasteiger partial charge in [-0.3, -0.25) is 9.69 Å². The Bertz CT molecular complexity index is 866. The molecule has 1 heterocycles. The molecular weight excluding hydrogens is 398 g/mol. The molecule has 2 aromatic rings. The lowest BCUT2D eigenvalue weighted by atomic mass is 9.90. The number of benzene rings is 2.